The van der Waals surface area contributed by atoms with Crippen LogP contribution in [0, 0.1) is 10.1 Å². The molecule has 0 fully saturated rings. The summed E-state index contributed by atoms with van der Waals surface area (Å²) < 4.78 is 0. The van der Waals surface area contributed by atoms with E-state index < -0.39 is 10.4 Å². The molecular weight excluding hydrogens is 180 g/mol. The fraction of sp³-hybridized carbons (Fsp3) is 0.429. The molecule has 12 heavy (non-hydrogen) atoms. The van der Waals surface area contributed by atoms with Gasteiger partial charge in [-0.3, -0.25) is 10.1 Å². The molecule has 1 rings (SSSR count). The zero-order chi connectivity index (χ0) is 9.14. The number of rotatable bonds is 2. The van der Waals surface area contributed by atoms with E-state index in [0.29, 0.717) is 6.54 Å². The van der Waals surface area contributed by atoms with Crippen LogP contribution in [-0.2, 0) is 0 Å². The van der Waals surface area contributed by atoms with Gasteiger partial charge in [0.05, 0.1) is 4.92 Å². The Morgan fingerprint density at radius 2 is 2.50 bits per heavy atom. The lowest BCUT2D eigenvalue weighted by atomic mass is 10.3. The van der Waals surface area contributed by atoms with Gasteiger partial charge < -0.3 is 4.90 Å². The minimum atomic E-state index is -0.644. The lowest BCUT2D eigenvalue weighted by Crippen LogP contribution is -2.32. The second-order valence-electron chi connectivity index (χ2n) is 2.36. The molecule has 0 N–H and O–H groups in total. The summed E-state index contributed by atoms with van der Waals surface area (Å²) in [7, 11) is 0. The Morgan fingerprint density at radius 3 is 3.00 bits per heavy atom. The molecule has 0 saturated carbocycles. The van der Waals surface area contributed by atoms with Gasteiger partial charge in [0.25, 0.3) is 5.70 Å². The number of nitro groups is 1. The highest BCUT2D eigenvalue weighted by Gasteiger charge is 2.27. The first-order valence-electron chi connectivity index (χ1n) is 3.59. The highest BCUT2D eigenvalue weighted by atomic mass is 35.5. The molecule has 1 aliphatic heterocycles. The van der Waals surface area contributed by atoms with Gasteiger partial charge in [0, 0.05) is 18.8 Å². The fourth-order valence-electron chi connectivity index (χ4n) is 0.991. The van der Waals surface area contributed by atoms with E-state index in [9.17, 15) is 10.1 Å². The van der Waals surface area contributed by atoms with Gasteiger partial charge in [-0.2, -0.15) is 0 Å². The van der Waals surface area contributed by atoms with Gasteiger partial charge in [0.2, 0.25) is 0 Å². The molecule has 0 aliphatic carbocycles. The van der Waals surface area contributed by atoms with Gasteiger partial charge in [0.1, 0.15) is 0 Å². The number of alkyl halides is 1. The van der Waals surface area contributed by atoms with Crippen LogP contribution in [-0.4, -0.2) is 21.9 Å². The molecule has 1 atom stereocenters. The van der Waals surface area contributed by atoms with Crippen molar-refractivity contribution in [1.29, 1.82) is 0 Å². The zero-order valence-electron chi connectivity index (χ0n) is 6.61. The molecule has 1 heterocycles. The van der Waals surface area contributed by atoms with Crippen molar-refractivity contribution in [2.45, 2.75) is 12.4 Å². The Hall–Kier alpha value is -1.03. The molecule has 0 bridgehead atoms. The molecule has 1 unspecified atom stereocenters. The van der Waals surface area contributed by atoms with Crippen LogP contribution in [0.4, 0.5) is 0 Å². The summed E-state index contributed by atoms with van der Waals surface area (Å²) in [6, 6.07) is 0. The van der Waals surface area contributed by atoms with Crippen LogP contribution in [0.25, 0.3) is 0 Å². The monoisotopic (exact) mass is 188 g/mol. The Balaban J connectivity index is 2.83. The topological polar surface area (TPSA) is 46.4 Å². The van der Waals surface area contributed by atoms with Crippen molar-refractivity contribution in [3.05, 3.63) is 34.2 Å². The second-order valence-corrected chi connectivity index (χ2v) is 2.77. The van der Waals surface area contributed by atoms with E-state index >= 15 is 0 Å². The largest absolute Gasteiger partial charge is 0.353 e. The first-order valence-corrected chi connectivity index (χ1v) is 4.03. The lowest BCUT2D eigenvalue weighted by molar-refractivity contribution is -0.430. The van der Waals surface area contributed by atoms with E-state index in [2.05, 4.69) is 0 Å². The maximum Gasteiger partial charge on any atom is 0.283 e. The summed E-state index contributed by atoms with van der Waals surface area (Å²) in [5, 5.41) is 10.4. The zero-order valence-corrected chi connectivity index (χ0v) is 7.36. The molecule has 0 aromatic carbocycles. The van der Waals surface area contributed by atoms with Crippen LogP contribution in [0.1, 0.15) is 6.92 Å². The second kappa shape index (κ2) is 3.58. The average Bonchev–Trinajstić information content (AvgIpc) is 2.04. The maximum atomic E-state index is 10.4. The van der Waals surface area contributed by atoms with Crippen molar-refractivity contribution in [2.75, 3.05) is 6.54 Å². The average molecular weight is 189 g/mol. The van der Waals surface area contributed by atoms with Gasteiger partial charge in [-0.25, -0.2) is 0 Å². The highest BCUT2D eigenvalue weighted by Crippen LogP contribution is 2.19. The van der Waals surface area contributed by atoms with Crippen LogP contribution < -0.4 is 0 Å². The number of hydrogen-bond donors (Lipinski definition) is 0. The van der Waals surface area contributed by atoms with E-state index in [1.807, 2.05) is 6.92 Å². The molecule has 0 saturated heterocycles. The smallest absolute Gasteiger partial charge is 0.283 e. The molecule has 0 spiro atoms. The summed E-state index contributed by atoms with van der Waals surface area (Å²) in [5.41, 5.74) is -0.615. The number of likely N-dealkylation sites (N-methyl/N-ethyl adjacent to an activating group) is 1. The molecular formula is C7H9ClN2O2. The summed E-state index contributed by atoms with van der Waals surface area (Å²) in [6.07, 6.45) is 4.79. The van der Waals surface area contributed by atoms with Crippen molar-refractivity contribution in [1.82, 2.24) is 4.90 Å². The summed E-state index contributed by atoms with van der Waals surface area (Å²) >= 11 is 5.81. The third-order valence-corrected chi connectivity index (χ3v) is 2.13. The van der Waals surface area contributed by atoms with Gasteiger partial charge in [0.15, 0.2) is 5.50 Å². The van der Waals surface area contributed by atoms with Crippen LogP contribution >= 0.6 is 11.6 Å². The number of allylic oxidation sites excluding steroid dienone is 2. The van der Waals surface area contributed by atoms with E-state index in [-0.39, 0.29) is 5.70 Å². The Bertz CT molecular complexity index is 250. The van der Waals surface area contributed by atoms with Crippen molar-refractivity contribution in [3.63, 3.8) is 0 Å². The molecule has 66 valence electrons. The summed E-state index contributed by atoms with van der Waals surface area (Å²) in [5.74, 6) is 0. The van der Waals surface area contributed by atoms with E-state index in [1.54, 1.807) is 17.2 Å². The summed E-state index contributed by atoms with van der Waals surface area (Å²) in [6.45, 7) is 2.55. The van der Waals surface area contributed by atoms with Crippen molar-refractivity contribution in [2.24, 2.45) is 0 Å². The molecule has 4 nitrogen and oxygen atoms in total. The maximum absolute atomic E-state index is 10.4. The molecule has 0 radical (unpaired) electrons. The Kier molecular flexibility index (Phi) is 2.70. The number of nitrogens with zero attached hydrogens (tertiary/aromatic N) is 2. The molecule has 0 amide bonds. The van der Waals surface area contributed by atoms with E-state index in [1.165, 1.54) is 6.08 Å². The highest BCUT2D eigenvalue weighted by molar-refractivity contribution is 6.22. The predicted octanol–water partition coefficient (Wildman–Crippen LogP) is 1.56. The van der Waals surface area contributed by atoms with Crippen LogP contribution in [0.5, 0.6) is 0 Å². The van der Waals surface area contributed by atoms with Gasteiger partial charge in [-0.05, 0) is 13.0 Å². The number of halogens is 1. The van der Waals surface area contributed by atoms with Crippen molar-refractivity contribution in [3.8, 4) is 0 Å². The quantitative estimate of drug-likeness (QED) is 0.286. The molecule has 5 heteroatoms. The Labute approximate surface area is 75.3 Å². The molecule has 0 aromatic heterocycles. The Morgan fingerprint density at radius 1 is 1.83 bits per heavy atom. The van der Waals surface area contributed by atoms with Gasteiger partial charge >= 0.3 is 0 Å². The first-order chi connectivity index (χ1) is 5.66. The van der Waals surface area contributed by atoms with Crippen LogP contribution in [0.2, 0.25) is 0 Å². The van der Waals surface area contributed by atoms with Crippen molar-refractivity contribution < 1.29 is 4.92 Å². The molecule has 0 aromatic rings. The van der Waals surface area contributed by atoms with E-state index in [0.717, 1.165) is 0 Å². The predicted molar refractivity (Wildman–Crippen MR) is 46.2 cm³/mol. The molecule has 1 aliphatic rings. The van der Waals surface area contributed by atoms with Crippen molar-refractivity contribution >= 4 is 11.6 Å². The van der Waals surface area contributed by atoms with Crippen LogP contribution in [0.3, 0.4) is 0 Å². The van der Waals surface area contributed by atoms with Crippen LogP contribution in [0.15, 0.2) is 24.0 Å². The van der Waals surface area contributed by atoms with Gasteiger partial charge in [-0.15, -0.1) is 0 Å². The SMILES string of the molecule is CCN1C=CC=C([N+](=O)[O-])C1Cl. The lowest BCUT2D eigenvalue weighted by Gasteiger charge is -2.24. The summed E-state index contributed by atoms with van der Waals surface area (Å²) in [4.78, 5) is 11.7. The normalized spacial score (nSPS) is 22.3. The standard InChI is InChI=1S/C7H9ClN2O2/c1-2-9-5-3-4-6(7(9)8)10(11)12/h3-5,7H,2H2,1H3. The third kappa shape index (κ3) is 1.58. The fourth-order valence-corrected chi connectivity index (χ4v) is 1.35. The first kappa shape index (κ1) is 9.06. The minimum Gasteiger partial charge on any atom is -0.353 e. The minimum absolute atomic E-state index is 0.0287. The van der Waals surface area contributed by atoms with E-state index in [4.69, 9.17) is 11.6 Å². The third-order valence-electron chi connectivity index (χ3n) is 1.66. The number of hydrogen-bond acceptors (Lipinski definition) is 3. The van der Waals surface area contributed by atoms with Gasteiger partial charge in [-0.1, -0.05) is 11.6 Å².